The summed E-state index contributed by atoms with van der Waals surface area (Å²) in [7, 11) is -4.03. The molecule has 4 aliphatic carbocycles. The van der Waals surface area contributed by atoms with Crippen LogP contribution in [0.1, 0.15) is 91.9 Å². The van der Waals surface area contributed by atoms with Gasteiger partial charge in [0, 0.05) is 24.9 Å². The third-order valence-electron chi connectivity index (χ3n) is 13.7. The Morgan fingerprint density at radius 2 is 1.75 bits per heavy atom. The van der Waals surface area contributed by atoms with E-state index in [0.717, 1.165) is 12.8 Å². The Labute approximate surface area is 332 Å². The summed E-state index contributed by atoms with van der Waals surface area (Å²) < 4.78 is 35.5. The average molecular weight is 807 g/mol. The molecule has 0 bridgehead atoms. The summed E-state index contributed by atoms with van der Waals surface area (Å²) in [6.45, 7) is 7.56. The van der Waals surface area contributed by atoms with Crippen molar-refractivity contribution in [1.82, 2.24) is 29.6 Å². The van der Waals surface area contributed by atoms with Crippen LogP contribution >= 0.6 is 0 Å². The molecule has 15 nitrogen and oxygen atoms in total. The molecule has 5 fully saturated rings. The molecule has 1 aromatic carbocycles. The van der Waals surface area contributed by atoms with E-state index in [0.29, 0.717) is 61.1 Å². The van der Waals surface area contributed by atoms with E-state index in [9.17, 15) is 32.7 Å². The minimum Gasteiger partial charge on any atom is -0.471 e. The molecule has 3 N–H and O–H groups in total. The standard InChI is InChI=1S/C41H54N6O9S/c1-5-46-36(49)31-13-9-8-12-30(31)35(43-46)56-29-20-32-34(48)42-41(38(51)44-57(54,55)40(4)14-15-40)21-27(41)11-7-6-10-23(2)16-24(3)33(37(50)45(32)22-29)47(39(52)53)28-18-25-17-26(25)19-28/h7-9,11-13,23-29,32-33H,5-6,10,14-22H2,1-4H3,(H,42,48)(H,44,51)(H,52,53)/b11-7-/t23-,24+,25-,26?,27+,28+,29+,32-,33-,41+/m0/s1. The lowest BCUT2D eigenvalue weighted by Crippen LogP contribution is -2.61. The van der Waals surface area contributed by atoms with Crippen LogP contribution < -0.4 is 20.3 Å². The van der Waals surface area contributed by atoms with Gasteiger partial charge in [0.25, 0.3) is 11.5 Å². The fourth-order valence-electron chi connectivity index (χ4n) is 9.85. The maximum absolute atomic E-state index is 15.2. The molecular weight excluding hydrogens is 753 g/mol. The fraction of sp³-hybridized carbons (Fsp3) is 0.659. The quantitative estimate of drug-likeness (QED) is 0.330. The van der Waals surface area contributed by atoms with Crippen LogP contribution in [-0.2, 0) is 31.0 Å². The molecule has 16 heteroatoms. The highest BCUT2D eigenvalue weighted by atomic mass is 32.2. The second-order valence-corrected chi connectivity index (χ2v) is 20.1. The first-order valence-electron chi connectivity index (χ1n) is 20.6. The number of hydrogen-bond donors (Lipinski definition) is 3. The van der Waals surface area contributed by atoms with Gasteiger partial charge in [0.05, 0.1) is 22.1 Å². The number of carbonyl (C=O) groups excluding carboxylic acids is 3. The van der Waals surface area contributed by atoms with Gasteiger partial charge in [0.1, 0.15) is 23.7 Å². The Hall–Kier alpha value is -4.47. The summed E-state index contributed by atoms with van der Waals surface area (Å²) in [5.41, 5.74) is -1.85. The van der Waals surface area contributed by atoms with E-state index < -0.39 is 74.1 Å². The second-order valence-electron chi connectivity index (χ2n) is 17.9. The number of aryl methyl sites for hydroxylation is 1. The van der Waals surface area contributed by atoms with E-state index in [1.54, 1.807) is 38.1 Å². The Morgan fingerprint density at radius 1 is 1.05 bits per heavy atom. The van der Waals surface area contributed by atoms with Gasteiger partial charge in [-0.1, -0.05) is 38.1 Å². The summed E-state index contributed by atoms with van der Waals surface area (Å²) in [4.78, 5) is 73.1. The number of benzene rings is 1. The van der Waals surface area contributed by atoms with Gasteiger partial charge in [-0.3, -0.25) is 28.8 Å². The van der Waals surface area contributed by atoms with Gasteiger partial charge >= 0.3 is 6.09 Å². The normalized spacial score (nSPS) is 35.1. The predicted octanol–water partition coefficient (Wildman–Crippen LogP) is 3.80. The molecule has 1 unspecified atom stereocenters. The number of aromatic nitrogens is 2. The molecule has 0 radical (unpaired) electrons. The van der Waals surface area contributed by atoms with Gasteiger partial charge < -0.3 is 20.1 Å². The number of nitrogens with zero attached hydrogens (tertiary/aromatic N) is 4. The lowest BCUT2D eigenvalue weighted by atomic mass is 9.86. The minimum absolute atomic E-state index is 0.0223. The van der Waals surface area contributed by atoms with E-state index in [4.69, 9.17) is 4.74 Å². The van der Waals surface area contributed by atoms with E-state index >= 15 is 4.79 Å². The van der Waals surface area contributed by atoms with Gasteiger partial charge in [-0.15, -0.1) is 5.10 Å². The third kappa shape index (κ3) is 7.20. The maximum Gasteiger partial charge on any atom is 0.408 e. The van der Waals surface area contributed by atoms with Crippen LogP contribution in [0.4, 0.5) is 4.79 Å². The van der Waals surface area contributed by atoms with Gasteiger partial charge in [-0.25, -0.2) is 17.9 Å². The van der Waals surface area contributed by atoms with Crippen molar-refractivity contribution < 1.29 is 37.4 Å². The largest absolute Gasteiger partial charge is 0.471 e. The van der Waals surface area contributed by atoms with Gasteiger partial charge in [-0.05, 0) is 107 Å². The Bertz CT molecular complexity index is 2180. The zero-order valence-electron chi connectivity index (χ0n) is 33.1. The first kappa shape index (κ1) is 39.4. The smallest absolute Gasteiger partial charge is 0.408 e. The zero-order chi connectivity index (χ0) is 40.6. The van der Waals surface area contributed by atoms with Crippen molar-refractivity contribution >= 4 is 44.6 Å². The lowest BCUT2D eigenvalue weighted by molar-refractivity contribution is -0.145. The molecule has 4 saturated carbocycles. The van der Waals surface area contributed by atoms with E-state index in [1.165, 1.54) is 14.5 Å². The number of fused-ring (bicyclic) bond motifs is 4. The Kier molecular flexibility index (Phi) is 9.96. The van der Waals surface area contributed by atoms with E-state index in [2.05, 4.69) is 22.1 Å². The number of nitrogens with one attached hydrogen (secondary N) is 2. The number of carbonyl (C=O) groups is 4. The van der Waals surface area contributed by atoms with Crippen LogP contribution in [0, 0.1) is 29.6 Å². The molecule has 6 aliphatic rings. The summed E-state index contributed by atoms with van der Waals surface area (Å²) in [6, 6.07) is 4.31. The highest BCUT2D eigenvalue weighted by Gasteiger charge is 2.63. The molecule has 8 rings (SSSR count). The molecule has 2 aliphatic heterocycles. The van der Waals surface area contributed by atoms with Crippen molar-refractivity contribution in [2.45, 2.75) is 133 Å². The first-order chi connectivity index (χ1) is 27.1. The number of ether oxygens (including phenoxy) is 1. The number of amides is 4. The van der Waals surface area contributed by atoms with Crippen LogP contribution in [0.15, 0.2) is 41.2 Å². The van der Waals surface area contributed by atoms with Gasteiger partial charge in [0.2, 0.25) is 27.7 Å². The molecule has 3 heterocycles. The summed E-state index contributed by atoms with van der Waals surface area (Å²) in [5.74, 6) is -1.68. The molecule has 1 saturated heterocycles. The highest BCUT2D eigenvalue weighted by Crippen LogP contribution is 2.54. The van der Waals surface area contributed by atoms with Crippen LogP contribution in [-0.4, -0.2) is 98.0 Å². The van der Waals surface area contributed by atoms with Gasteiger partial charge in [-0.2, -0.15) is 0 Å². The number of hydrogen-bond acceptors (Lipinski definition) is 9. The molecule has 1 aromatic heterocycles. The fourth-order valence-corrected chi connectivity index (χ4v) is 11.2. The minimum atomic E-state index is -4.03. The molecule has 2 aromatic rings. The van der Waals surface area contributed by atoms with Crippen molar-refractivity contribution in [3.63, 3.8) is 0 Å². The third-order valence-corrected chi connectivity index (χ3v) is 15.9. The van der Waals surface area contributed by atoms with Crippen LogP contribution in [0.3, 0.4) is 0 Å². The number of carboxylic acid groups (broad SMARTS) is 1. The van der Waals surface area contributed by atoms with E-state index in [1.807, 2.05) is 19.1 Å². The molecular formula is C41H54N6O9S. The molecule has 4 amide bonds. The van der Waals surface area contributed by atoms with Crippen molar-refractivity contribution in [2.24, 2.45) is 29.6 Å². The summed E-state index contributed by atoms with van der Waals surface area (Å²) in [6.07, 6.45) is 7.27. The van der Waals surface area contributed by atoms with Gasteiger partial charge in [0.15, 0.2) is 0 Å². The van der Waals surface area contributed by atoms with Crippen molar-refractivity contribution in [2.75, 3.05) is 6.54 Å². The first-order valence-corrected chi connectivity index (χ1v) is 22.1. The van der Waals surface area contributed by atoms with Crippen LogP contribution in [0.2, 0.25) is 0 Å². The Balaban J connectivity index is 1.17. The second kappa shape index (κ2) is 14.4. The summed E-state index contributed by atoms with van der Waals surface area (Å²) >= 11 is 0. The molecule has 10 atom stereocenters. The van der Waals surface area contributed by atoms with Crippen LogP contribution in [0.5, 0.6) is 5.88 Å². The maximum atomic E-state index is 15.2. The van der Waals surface area contributed by atoms with Crippen LogP contribution in [0.25, 0.3) is 10.8 Å². The lowest BCUT2D eigenvalue weighted by Gasteiger charge is -2.40. The monoisotopic (exact) mass is 806 g/mol. The zero-order valence-corrected chi connectivity index (χ0v) is 33.9. The van der Waals surface area contributed by atoms with E-state index in [-0.39, 0.29) is 49.3 Å². The number of sulfonamides is 1. The topological polar surface area (TPSA) is 197 Å². The average Bonchev–Trinajstić information content (AvgIpc) is 4.12. The predicted molar refractivity (Wildman–Crippen MR) is 209 cm³/mol. The number of allylic oxidation sites excluding steroid dienone is 1. The van der Waals surface area contributed by atoms with Crippen molar-refractivity contribution in [1.29, 1.82) is 0 Å². The van der Waals surface area contributed by atoms with Crippen molar-refractivity contribution in [3.05, 3.63) is 46.8 Å². The SMILES string of the molecule is CCn1nc(O[C@@H]2C[C@H]3C(=O)N[C@]4(C(=O)NS(=O)(=O)C5(C)CC5)C[C@H]4/C=C\CC[C@H](C)C[C@@H](C)[C@H](N(C(=O)O)[C@H]4CC5C[C@H]5C4)C(=O)N3C2)c2ccccc2c1=O. The molecule has 308 valence electrons. The Morgan fingerprint density at radius 3 is 2.42 bits per heavy atom. The van der Waals surface area contributed by atoms with Crippen molar-refractivity contribution in [3.8, 4) is 5.88 Å². The molecule has 0 spiro atoms. The molecule has 57 heavy (non-hydrogen) atoms. The highest BCUT2D eigenvalue weighted by molar-refractivity contribution is 7.91. The number of rotatable bonds is 8. The summed E-state index contributed by atoms with van der Waals surface area (Å²) in [5, 5.41) is 19.1.